The van der Waals surface area contributed by atoms with Gasteiger partial charge >= 0.3 is 6.80 Å². The van der Waals surface area contributed by atoms with Crippen LogP contribution in [0, 0.1) is 0 Å². The highest BCUT2D eigenvalue weighted by atomic mass is 32.7. The second kappa shape index (κ2) is 8.94. The lowest BCUT2D eigenvalue weighted by Gasteiger charge is -2.24. The summed E-state index contributed by atoms with van der Waals surface area (Å²) in [6, 6.07) is 21.1. The lowest BCUT2D eigenvalue weighted by molar-refractivity contribution is 0.236. The molecule has 0 aliphatic rings. The van der Waals surface area contributed by atoms with Gasteiger partial charge in [-0.1, -0.05) is 60.7 Å². The van der Waals surface area contributed by atoms with Crippen LogP contribution in [0.1, 0.15) is 30.2 Å². The molecular weight excluding hydrogens is 379 g/mol. The van der Waals surface area contributed by atoms with Crippen LogP contribution in [0.3, 0.4) is 0 Å². The zero-order valence-corrected chi connectivity index (χ0v) is 17.1. The normalized spacial score (nSPS) is 13.0. The number of benzene rings is 3. The molecule has 3 aromatic rings. The van der Waals surface area contributed by atoms with E-state index in [2.05, 4.69) is 0 Å². The van der Waals surface area contributed by atoms with Crippen molar-refractivity contribution >= 4 is 29.0 Å². The van der Waals surface area contributed by atoms with Gasteiger partial charge in [-0.15, -0.1) is 0 Å². The summed E-state index contributed by atoms with van der Waals surface area (Å²) in [5, 5.41) is 12.2. The SMILES string of the molecule is CCOP(=O)(OCC)SC(c1ccccc1O)c1cccc2ccccc12. The van der Waals surface area contributed by atoms with Crippen molar-refractivity contribution in [3.63, 3.8) is 0 Å². The Kier molecular flexibility index (Phi) is 6.61. The summed E-state index contributed by atoms with van der Waals surface area (Å²) in [5.41, 5.74) is 1.64. The van der Waals surface area contributed by atoms with E-state index in [1.165, 1.54) is 0 Å². The summed E-state index contributed by atoms with van der Waals surface area (Å²) in [6.45, 7) is 0.753. The molecule has 3 rings (SSSR count). The number of para-hydroxylation sites is 1. The number of aromatic hydroxyl groups is 1. The Labute approximate surface area is 163 Å². The first-order valence-electron chi connectivity index (χ1n) is 8.91. The summed E-state index contributed by atoms with van der Waals surface area (Å²) in [7, 11) is 0. The van der Waals surface area contributed by atoms with Gasteiger partial charge in [0.25, 0.3) is 0 Å². The molecule has 1 unspecified atom stereocenters. The Bertz CT molecular complexity index is 944. The minimum Gasteiger partial charge on any atom is -0.508 e. The van der Waals surface area contributed by atoms with E-state index in [1.54, 1.807) is 26.0 Å². The third kappa shape index (κ3) is 4.56. The van der Waals surface area contributed by atoms with E-state index in [-0.39, 0.29) is 19.0 Å². The van der Waals surface area contributed by atoms with Gasteiger partial charge in [-0.05, 0) is 47.6 Å². The first kappa shape index (κ1) is 20.0. The van der Waals surface area contributed by atoms with E-state index in [0.29, 0.717) is 5.56 Å². The molecule has 27 heavy (non-hydrogen) atoms. The standard InChI is InChI=1S/C21H23O4PS/c1-3-24-26(23,25-4-2)27-21(19-13-7-8-15-20(19)22)18-14-9-11-16-10-5-6-12-17(16)18/h5-15,21-22H,3-4H2,1-2H3. The predicted octanol–water partition coefficient (Wildman–Crippen LogP) is 6.55. The molecule has 0 fully saturated rings. The van der Waals surface area contributed by atoms with Crippen LogP contribution in [0.2, 0.25) is 0 Å². The van der Waals surface area contributed by atoms with E-state index in [9.17, 15) is 9.67 Å². The Morgan fingerprint density at radius 3 is 2.19 bits per heavy atom. The molecule has 0 saturated heterocycles. The molecule has 1 atom stereocenters. The molecular formula is C21H23O4PS. The van der Waals surface area contributed by atoms with Gasteiger partial charge in [0, 0.05) is 5.56 Å². The van der Waals surface area contributed by atoms with E-state index >= 15 is 0 Å². The molecule has 0 aromatic heterocycles. The van der Waals surface area contributed by atoms with Crippen molar-refractivity contribution in [3.05, 3.63) is 77.9 Å². The van der Waals surface area contributed by atoms with Gasteiger partial charge in [-0.2, -0.15) is 0 Å². The highest BCUT2D eigenvalue weighted by molar-refractivity contribution is 8.55. The van der Waals surface area contributed by atoms with Crippen molar-refractivity contribution in [3.8, 4) is 5.75 Å². The molecule has 0 amide bonds. The summed E-state index contributed by atoms with van der Waals surface area (Å²) in [4.78, 5) is 0. The fourth-order valence-electron chi connectivity index (χ4n) is 3.01. The van der Waals surface area contributed by atoms with Gasteiger partial charge < -0.3 is 14.2 Å². The number of phenolic OH excluding ortho intramolecular Hbond substituents is 1. The van der Waals surface area contributed by atoms with Crippen molar-refractivity contribution in [1.82, 2.24) is 0 Å². The Morgan fingerprint density at radius 1 is 0.889 bits per heavy atom. The highest BCUT2D eigenvalue weighted by Crippen LogP contribution is 2.67. The second-order valence-corrected chi connectivity index (χ2v) is 9.96. The Morgan fingerprint density at radius 2 is 1.48 bits per heavy atom. The number of hydrogen-bond acceptors (Lipinski definition) is 5. The number of hydrogen-bond donors (Lipinski definition) is 1. The maximum absolute atomic E-state index is 13.3. The van der Waals surface area contributed by atoms with Crippen molar-refractivity contribution < 1.29 is 18.7 Å². The lowest BCUT2D eigenvalue weighted by Crippen LogP contribution is -2.01. The topological polar surface area (TPSA) is 55.8 Å². The molecule has 0 spiro atoms. The molecule has 142 valence electrons. The summed E-state index contributed by atoms with van der Waals surface area (Å²) in [6.07, 6.45) is 0. The Hall–Kier alpha value is -1.78. The number of phenols is 1. The maximum atomic E-state index is 13.3. The van der Waals surface area contributed by atoms with E-state index in [0.717, 1.165) is 27.7 Å². The summed E-state index contributed by atoms with van der Waals surface area (Å²) >= 11 is 1.13. The van der Waals surface area contributed by atoms with Gasteiger partial charge in [0.05, 0.1) is 18.5 Å². The van der Waals surface area contributed by atoms with Gasteiger partial charge in [-0.3, -0.25) is 0 Å². The van der Waals surface area contributed by atoms with Crippen molar-refractivity contribution in [2.45, 2.75) is 19.1 Å². The van der Waals surface area contributed by atoms with E-state index in [4.69, 9.17) is 9.05 Å². The van der Waals surface area contributed by atoms with Crippen LogP contribution in [0.25, 0.3) is 10.8 Å². The molecule has 0 aliphatic carbocycles. The van der Waals surface area contributed by atoms with Gasteiger partial charge in [0.2, 0.25) is 0 Å². The highest BCUT2D eigenvalue weighted by Gasteiger charge is 2.33. The quantitative estimate of drug-likeness (QED) is 0.433. The van der Waals surface area contributed by atoms with E-state index < -0.39 is 12.0 Å². The van der Waals surface area contributed by atoms with Crippen LogP contribution in [0.15, 0.2) is 66.7 Å². The minimum atomic E-state index is -3.40. The number of fused-ring (bicyclic) bond motifs is 1. The lowest BCUT2D eigenvalue weighted by atomic mass is 9.97. The molecule has 0 radical (unpaired) electrons. The van der Waals surface area contributed by atoms with Crippen molar-refractivity contribution in [1.29, 1.82) is 0 Å². The predicted molar refractivity (Wildman–Crippen MR) is 112 cm³/mol. The monoisotopic (exact) mass is 402 g/mol. The van der Waals surface area contributed by atoms with Crippen LogP contribution >= 0.6 is 18.2 Å². The molecule has 0 bridgehead atoms. The van der Waals surface area contributed by atoms with Crippen LogP contribution in [0.5, 0.6) is 5.75 Å². The fraction of sp³-hybridized carbons (Fsp3) is 0.238. The molecule has 0 saturated carbocycles. The molecule has 0 heterocycles. The molecule has 3 aromatic carbocycles. The Balaban J connectivity index is 2.16. The second-order valence-electron chi connectivity index (χ2n) is 5.90. The largest absolute Gasteiger partial charge is 0.508 e. The smallest absolute Gasteiger partial charge is 0.390 e. The molecule has 1 N–H and O–H groups in total. The average molecular weight is 402 g/mol. The fourth-order valence-corrected chi connectivity index (χ4v) is 7.19. The van der Waals surface area contributed by atoms with Gasteiger partial charge in [0.1, 0.15) is 5.75 Å². The average Bonchev–Trinajstić information content (AvgIpc) is 2.67. The third-order valence-corrected chi connectivity index (χ3v) is 8.30. The third-order valence-electron chi connectivity index (χ3n) is 4.13. The first-order valence-corrected chi connectivity index (χ1v) is 11.9. The van der Waals surface area contributed by atoms with Crippen molar-refractivity contribution in [2.75, 3.05) is 13.2 Å². The first-order chi connectivity index (χ1) is 13.1. The van der Waals surface area contributed by atoms with Gasteiger partial charge in [0.15, 0.2) is 0 Å². The zero-order chi connectivity index (χ0) is 19.3. The zero-order valence-electron chi connectivity index (χ0n) is 15.4. The van der Waals surface area contributed by atoms with Crippen LogP contribution in [-0.2, 0) is 13.6 Å². The molecule has 0 aliphatic heterocycles. The van der Waals surface area contributed by atoms with Crippen LogP contribution in [-0.4, -0.2) is 18.3 Å². The molecule has 6 heteroatoms. The van der Waals surface area contributed by atoms with Gasteiger partial charge in [-0.25, -0.2) is 4.57 Å². The minimum absolute atomic E-state index is 0.155. The van der Waals surface area contributed by atoms with Crippen molar-refractivity contribution in [2.24, 2.45) is 0 Å². The summed E-state index contributed by atoms with van der Waals surface area (Å²) in [5.74, 6) is 0.155. The summed E-state index contributed by atoms with van der Waals surface area (Å²) < 4.78 is 24.3. The van der Waals surface area contributed by atoms with E-state index in [1.807, 2.05) is 54.6 Å². The van der Waals surface area contributed by atoms with Crippen LogP contribution in [0.4, 0.5) is 0 Å². The number of rotatable bonds is 8. The maximum Gasteiger partial charge on any atom is 0.390 e. The molecule has 4 nitrogen and oxygen atoms in total. The van der Waals surface area contributed by atoms with Crippen LogP contribution < -0.4 is 0 Å².